The summed E-state index contributed by atoms with van der Waals surface area (Å²) < 4.78 is 10.5. The summed E-state index contributed by atoms with van der Waals surface area (Å²) in [5, 5.41) is 6.98. The zero-order valence-corrected chi connectivity index (χ0v) is 12.0. The number of hydrogen-bond acceptors (Lipinski definition) is 4. The van der Waals surface area contributed by atoms with E-state index < -0.39 is 6.10 Å². The van der Waals surface area contributed by atoms with E-state index in [0.29, 0.717) is 28.8 Å². The average Bonchev–Trinajstić information content (AvgIpc) is 2.83. The van der Waals surface area contributed by atoms with Crippen LogP contribution in [0.2, 0.25) is 5.02 Å². The van der Waals surface area contributed by atoms with Gasteiger partial charge in [0.2, 0.25) is 0 Å². The highest BCUT2D eigenvalue weighted by Gasteiger charge is 2.19. The quantitative estimate of drug-likeness (QED) is 0.917. The van der Waals surface area contributed by atoms with Crippen LogP contribution in [0.15, 0.2) is 34.9 Å². The smallest absolute Gasteiger partial charge is 0.266 e. The Kier molecular flexibility index (Phi) is 4.63. The molecule has 0 unspecified atom stereocenters. The minimum atomic E-state index is -0.604. The molecule has 1 N–H and O–H groups in total. The lowest BCUT2D eigenvalue weighted by Gasteiger charge is -2.16. The molecule has 0 bridgehead atoms. The van der Waals surface area contributed by atoms with E-state index in [2.05, 4.69) is 10.5 Å². The number of carbonyl (C=O) groups excluding carboxylic acids is 1. The summed E-state index contributed by atoms with van der Waals surface area (Å²) >= 11 is 5.80. The summed E-state index contributed by atoms with van der Waals surface area (Å²) in [4.78, 5) is 12.1. The molecule has 0 saturated carbocycles. The first-order valence-electron chi connectivity index (χ1n) is 6.25. The predicted octanol–water partition coefficient (Wildman–Crippen LogP) is 3.43. The maximum Gasteiger partial charge on any atom is 0.266 e. The molecular weight excluding hydrogens is 280 g/mol. The summed E-state index contributed by atoms with van der Waals surface area (Å²) in [5.41, 5.74) is 0. The number of amides is 1. The van der Waals surface area contributed by atoms with E-state index in [9.17, 15) is 4.79 Å². The lowest BCUT2D eigenvalue weighted by atomic mass is 10.2. The van der Waals surface area contributed by atoms with Gasteiger partial charge in [0.15, 0.2) is 11.9 Å². The van der Waals surface area contributed by atoms with Crippen LogP contribution in [0.5, 0.6) is 5.75 Å². The maximum atomic E-state index is 12.1. The highest BCUT2D eigenvalue weighted by Crippen LogP contribution is 2.18. The van der Waals surface area contributed by atoms with Crippen LogP contribution < -0.4 is 10.1 Å². The summed E-state index contributed by atoms with van der Waals surface area (Å²) in [6, 6.07) is 8.51. The van der Waals surface area contributed by atoms with Crippen LogP contribution in [0.3, 0.4) is 0 Å². The Balaban J connectivity index is 2.00. The van der Waals surface area contributed by atoms with E-state index in [4.69, 9.17) is 20.9 Å². The molecule has 0 aliphatic rings. The van der Waals surface area contributed by atoms with Gasteiger partial charge in [-0.2, -0.15) is 0 Å². The molecule has 0 spiro atoms. The minimum absolute atomic E-state index is 0.268. The maximum absolute atomic E-state index is 12.1. The van der Waals surface area contributed by atoms with E-state index in [1.54, 1.807) is 37.3 Å². The van der Waals surface area contributed by atoms with Crippen molar-refractivity contribution in [3.63, 3.8) is 0 Å². The molecule has 0 fully saturated rings. The van der Waals surface area contributed by atoms with Gasteiger partial charge in [-0.1, -0.05) is 23.7 Å². The molecule has 1 aromatic carbocycles. The molecule has 106 valence electrons. The number of aromatic nitrogens is 1. The van der Waals surface area contributed by atoms with Gasteiger partial charge in [0.1, 0.15) is 11.5 Å². The molecule has 2 aromatic rings. The number of rotatable bonds is 5. The van der Waals surface area contributed by atoms with Gasteiger partial charge >= 0.3 is 0 Å². The zero-order valence-electron chi connectivity index (χ0n) is 11.2. The van der Waals surface area contributed by atoms with Crippen LogP contribution in [0.25, 0.3) is 0 Å². The molecule has 1 amide bonds. The van der Waals surface area contributed by atoms with Crippen LogP contribution in [0, 0.1) is 6.92 Å². The second-order valence-electron chi connectivity index (χ2n) is 4.28. The van der Waals surface area contributed by atoms with E-state index in [1.807, 2.05) is 6.92 Å². The molecule has 1 atom stereocenters. The third kappa shape index (κ3) is 3.74. The number of ether oxygens (including phenoxy) is 1. The molecule has 0 radical (unpaired) electrons. The number of carbonyl (C=O) groups is 1. The van der Waals surface area contributed by atoms with Gasteiger partial charge in [0, 0.05) is 11.1 Å². The van der Waals surface area contributed by atoms with Crippen LogP contribution in [-0.4, -0.2) is 17.2 Å². The van der Waals surface area contributed by atoms with Gasteiger partial charge in [-0.05, 0) is 37.6 Å². The Labute approximate surface area is 121 Å². The Morgan fingerprint density at radius 1 is 1.45 bits per heavy atom. The number of aryl methyl sites for hydroxylation is 1. The fourth-order valence-corrected chi connectivity index (χ4v) is 1.76. The summed E-state index contributed by atoms with van der Waals surface area (Å²) in [6.07, 6.45) is -0.0705. The largest absolute Gasteiger partial charge is 0.481 e. The van der Waals surface area contributed by atoms with Gasteiger partial charge in [-0.25, -0.2) is 0 Å². The van der Waals surface area contributed by atoms with Crippen molar-refractivity contribution in [2.24, 2.45) is 0 Å². The zero-order chi connectivity index (χ0) is 14.5. The van der Waals surface area contributed by atoms with Crippen LogP contribution in [0.4, 0.5) is 5.82 Å². The third-order valence-corrected chi connectivity index (χ3v) is 2.89. The topological polar surface area (TPSA) is 64.4 Å². The molecular formula is C14H15ClN2O3. The summed E-state index contributed by atoms with van der Waals surface area (Å²) in [5.74, 6) is 1.33. The number of benzene rings is 1. The average molecular weight is 295 g/mol. The molecule has 0 aliphatic heterocycles. The fraction of sp³-hybridized carbons (Fsp3) is 0.286. The molecule has 6 heteroatoms. The number of nitrogens with one attached hydrogen (secondary N) is 1. The van der Waals surface area contributed by atoms with Crippen LogP contribution in [0.1, 0.15) is 19.1 Å². The van der Waals surface area contributed by atoms with Gasteiger partial charge < -0.3 is 14.6 Å². The monoisotopic (exact) mass is 294 g/mol. The SMILES string of the molecule is CC[C@@H](Oc1ccc(Cl)cc1)C(=O)Nc1cc(C)on1. The highest BCUT2D eigenvalue weighted by atomic mass is 35.5. The van der Waals surface area contributed by atoms with Crippen molar-refractivity contribution in [2.75, 3.05) is 5.32 Å². The summed E-state index contributed by atoms with van der Waals surface area (Å²) in [6.45, 7) is 3.62. The Morgan fingerprint density at radius 2 is 2.15 bits per heavy atom. The molecule has 1 aromatic heterocycles. The van der Waals surface area contributed by atoms with Gasteiger partial charge in [-0.15, -0.1) is 0 Å². The van der Waals surface area contributed by atoms with E-state index in [0.717, 1.165) is 0 Å². The van der Waals surface area contributed by atoms with Crippen molar-refractivity contribution < 1.29 is 14.1 Å². The highest BCUT2D eigenvalue weighted by molar-refractivity contribution is 6.30. The first kappa shape index (κ1) is 14.4. The van der Waals surface area contributed by atoms with Gasteiger partial charge in [-0.3, -0.25) is 4.79 Å². The second kappa shape index (κ2) is 6.43. The van der Waals surface area contributed by atoms with Gasteiger partial charge in [0.25, 0.3) is 5.91 Å². The van der Waals surface area contributed by atoms with Crippen molar-refractivity contribution in [2.45, 2.75) is 26.4 Å². The molecule has 1 heterocycles. The van der Waals surface area contributed by atoms with Gasteiger partial charge in [0.05, 0.1) is 0 Å². The molecule has 5 nitrogen and oxygen atoms in total. The van der Waals surface area contributed by atoms with Crippen LogP contribution >= 0.6 is 11.6 Å². The molecule has 0 saturated heterocycles. The van der Waals surface area contributed by atoms with E-state index in [1.165, 1.54) is 0 Å². The van der Waals surface area contributed by atoms with Crippen LogP contribution in [-0.2, 0) is 4.79 Å². The van der Waals surface area contributed by atoms with E-state index in [-0.39, 0.29) is 5.91 Å². The minimum Gasteiger partial charge on any atom is -0.481 e. The Hall–Kier alpha value is -2.01. The second-order valence-corrected chi connectivity index (χ2v) is 4.72. The lowest BCUT2D eigenvalue weighted by Crippen LogP contribution is -2.32. The summed E-state index contributed by atoms with van der Waals surface area (Å²) in [7, 11) is 0. The predicted molar refractivity (Wildman–Crippen MR) is 76.0 cm³/mol. The Bertz CT molecular complexity index is 580. The fourth-order valence-electron chi connectivity index (χ4n) is 1.63. The first-order valence-corrected chi connectivity index (χ1v) is 6.62. The number of hydrogen-bond donors (Lipinski definition) is 1. The molecule has 0 aliphatic carbocycles. The van der Waals surface area contributed by atoms with Crippen molar-refractivity contribution >= 4 is 23.3 Å². The standard InChI is InChI=1S/C14H15ClN2O3/c1-3-12(19-11-6-4-10(15)5-7-11)14(18)16-13-8-9(2)20-17-13/h4-8,12H,3H2,1-2H3,(H,16,17,18)/t12-/m1/s1. The Morgan fingerprint density at radius 3 is 2.70 bits per heavy atom. The van der Waals surface area contributed by atoms with Crippen molar-refractivity contribution in [1.82, 2.24) is 5.16 Å². The van der Waals surface area contributed by atoms with Crippen molar-refractivity contribution in [3.05, 3.63) is 41.1 Å². The van der Waals surface area contributed by atoms with E-state index >= 15 is 0 Å². The number of nitrogens with zero attached hydrogens (tertiary/aromatic N) is 1. The van der Waals surface area contributed by atoms with Crippen molar-refractivity contribution in [3.8, 4) is 5.75 Å². The molecule has 2 rings (SSSR count). The number of halogens is 1. The first-order chi connectivity index (χ1) is 9.58. The molecule has 20 heavy (non-hydrogen) atoms. The lowest BCUT2D eigenvalue weighted by molar-refractivity contribution is -0.122. The van der Waals surface area contributed by atoms with Crippen molar-refractivity contribution in [1.29, 1.82) is 0 Å². The normalized spacial score (nSPS) is 11.9. The third-order valence-electron chi connectivity index (χ3n) is 2.63. The number of anilines is 1.